The van der Waals surface area contributed by atoms with E-state index in [1.165, 1.54) is 19.1 Å². The zero-order chi connectivity index (χ0) is 15.6. The van der Waals surface area contributed by atoms with E-state index in [9.17, 15) is 14.0 Å². The van der Waals surface area contributed by atoms with Crippen molar-refractivity contribution in [2.75, 3.05) is 31.9 Å². The normalized spacial score (nSPS) is 15.8. The summed E-state index contributed by atoms with van der Waals surface area (Å²) in [6.45, 7) is 3.70. The van der Waals surface area contributed by atoms with Crippen LogP contribution in [-0.2, 0) is 4.79 Å². The monoisotopic (exact) mass is 357 g/mol. The Labute approximate surface area is 131 Å². The SMILES string of the molecule is CC(=O)N1CCCN(C(=O)c2cc(N)c(F)cc2Br)CC1. The van der Waals surface area contributed by atoms with Crippen LogP contribution < -0.4 is 5.73 Å². The van der Waals surface area contributed by atoms with Crippen LogP contribution >= 0.6 is 15.9 Å². The molecule has 0 bridgehead atoms. The van der Waals surface area contributed by atoms with Gasteiger partial charge in [0.15, 0.2) is 0 Å². The van der Waals surface area contributed by atoms with Gasteiger partial charge in [-0.25, -0.2) is 4.39 Å². The number of halogens is 2. The standard InChI is InChI=1S/C14H17BrFN3O2/c1-9(20)18-3-2-4-19(6-5-18)14(21)10-7-13(17)12(16)8-11(10)15/h7-8H,2-6,17H2,1H3. The van der Waals surface area contributed by atoms with E-state index in [4.69, 9.17) is 5.73 Å². The lowest BCUT2D eigenvalue weighted by Crippen LogP contribution is -2.36. The number of nitrogens with zero attached hydrogens (tertiary/aromatic N) is 2. The molecule has 2 N–H and O–H groups in total. The molecule has 114 valence electrons. The van der Waals surface area contributed by atoms with Crippen LogP contribution in [0, 0.1) is 5.82 Å². The van der Waals surface area contributed by atoms with Crippen molar-refractivity contribution >= 4 is 33.4 Å². The third kappa shape index (κ3) is 3.53. The highest BCUT2D eigenvalue weighted by Gasteiger charge is 2.23. The van der Waals surface area contributed by atoms with Gasteiger partial charge in [-0.2, -0.15) is 0 Å². The molecule has 0 spiro atoms. The van der Waals surface area contributed by atoms with E-state index in [0.717, 1.165) is 6.42 Å². The van der Waals surface area contributed by atoms with Crippen molar-refractivity contribution < 1.29 is 14.0 Å². The first-order chi connectivity index (χ1) is 9.90. The third-order valence-electron chi connectivity index (χ3n) is 3.55. The Morgan fingerprint density at radius 2 is 1.81 bits per heavy atom. The molecule has 1 fully saturated rings. The summed E-state index contributed by atoms with van der Waals surface area (Å²) in [5.41, 5.74) is 5.81. The molecule has 2 rings (SSSR count). The van der Waals surface area contributed by atoms with E-state index in [0.29, 0.717) is 36.2 Å². The summed E-state index contributed by atoms with van der Waals surface area (Å²) in [7, 11) is 0. The van der Waals surface area contributed by atoms with Gasteiger partial charge >= 0.3 is 0 Å². The van der Waals surface area contributed by atoms with Crippen LogP contribution in [0.4, 0.5) is 10.1 Å². The minimum Gasteiger partial charge on any atom is -0.396 e. The lowest BCUT2D eigenvalue weighted by Gasteiger charge is -2.22. The summed E-state index contributed by atoms with van der Waals surface area (Å²) in [6, 6.07) is 2.54. The molecule has 1 saturated heterocycles. The van der Waals surface area contributed by atoms with E-state index >= 15 is 0 Å². The summed E-state index contributed by atoms with van der Waals surface area (Å²) >= 11 is 3.20. The Kier molecular flexibility index (Phi) is 4.82. The predicted octanol–water partition coefficient (Wildman–Crippen LogP) is 1.86. The minimum atomic E-state index is -0.558. The van der Waals surface area contributed by atoms with Crippen molar-refractivity contribution in [3.8, 4) is 0 Å². The highest BCUT2D eigenvalue weighted by Crippen LogP contribution is 2.24. The molecule has 2 amide bonds. The molecule has 0 saturated carbocycles. The van der Waals surface area contributed by atoms with Gasteiger partial charge < -0.3 is 15.5 Å². The predicted molar refractivity (Wildman–Crippen MR) is 81.3 cm³/mol. The van der Waals surface area contributed by atoms with Crippen LogP contribution in [0.2, 0.25) is 0 Å². The molecule has 0 aliphatic carbocycles. The van der Waals surface area contributed by atoms with Gasteiger partial charge in [-0.1, -0.05) is 0 Å². The van der Waals surface area contributed by atoms with Crippen molar-refractivity contribution in [1.82, 2.24) is 9.80 Å². The van der Waals surface area contributed by atoms with E-state index in [1.807, 2.05) is 0 Å². The first-order valence-corrected chi connectivity index (χ1v) is 7.48. The first-order valence-electron chi connectivity index (χ1n) is 6.69. The number of benzene rings is 1. The summed E-state index contributed by atoms with van der Waals surface area (Å²) in [6.07, 6.45) is 0.722. The van der Waals surface area contributed by atoms with E-state index < -0.39 is 5.82 Å². The van der Waals surface area contributed by atoms with Crippen LogP contribution in [0.1, 0.15) is 23.7 Å². The van der Waals surface area contributed by atoms with E-state index in [2.05, 4.69) is 15.9 Å². The Morgan fingerprint density at radius 3 is 2.48 bits per heavy atom. The quantitative estimate of drug-likeness (QED) is 0.780. The fraction of sp³-hybridized carbons (Fsp3) is 0.429. The number of hydrogen-bond donors (Lipinski definition) is 1. The van der Waals surface area contributed by atoms with Crippen LogP contribution in [0.3, 0.4) is 0 Å². The number of nitrogen functional groups attached to an aromatic ring is 1. The molecular weight excluding hydrogens is 341 g/mol. The van der Waals surface area contributed by atoms with Gasteiger partial charge in [0.25, 0.3) is 5.91 Å². The zero-order valence-corrected chi connectivity index (χ0v) is 13.3. The van der Waals surface area contributed by atoms with Gasteiger partial charge in [0.1, 0.15) is 5.82 Å². The van der Waals surface area contributed by atoms with E-state index in [-0.39, 0.29) is 17.5 Å². The molecule has 0 unspecified atom stereocenters. The maximum Gasteiger partial charge on any atom is 0.255 e. The molecule has 1 aliphatic rings. The Bertz CT molecular complexity index is 580. The largest absolute Gasteiger partial charge is 0.396 e. The first kappa shape index (κ1) is 15.8. The third-order valence-corrected chi connectivity index (χ3v) is 4.20. The molecule has 7 heteroatoms. The topological polar surface area (TPSA) is 66.6 Å². The Balaban J connectivity index is 2.17. The van der Waals surface area contributed by atoms with Crippen molar-refractivity contribution in [2.24, 2.45) is 0 Å². The van der Waals surface area contributed by atoms with Gasteiger partial charge in [-0.15, -0.1) is 0 Å². The maximum absolute atomic E-state index is 13.3. The Hall–Kier alpha value is -1.63. The number of rotatable bonds is 1. The molecule has 0 atom stereocenters. The van der Waals surface area contributed by atoms with Crippen molar-refractivity contribution in [3.05, 3.63) is 28.0 Å². The van der Waals surface area contributed by atoms with E-state index in [1.54, 1.807) is 9.80 Å². The molecule has 21 heavy (non-hydrogen) atoms. The second-order valence-electron chi connectivity index (χ2n) is 5.01. The fourth-order valence-corrected chi connectivity index (χ4v) is 2.82. The van der Waals surface area contributed by atoms with Crippen LogP contribution in [0.15, 0.2) is 16.6 Å². The lowest BCUT2D eigenvalue weighted by molar-refractivity contribution is -0.128. The maximum atomic E-state index is 13.3. The van der Waals surface area contributed by atoms with Gasteiger partial charge in [-0.05, 0) is 34.5 Å². The number of amides is 2. The summed E-state index contributed by atoms with van der Waals surface area (Å²) in [4.78, 5) is 27.3. The van der Waals surface area contributed by atoms with Crippen LogP contribution in [0.25, 0.3) is 0 Å². The second kappa shape index (κ2) is 6.43. The number of carbonyl (C=O) groups excluding carboxylic acids is 2. The molecule has 1 aromatic rings. The Morgan fingerprint density at radius 1 is 1.19 bits per heavy atom. The second-order valence-corrected chi connectivity index (χ2v) is 5.86. The highest BCUT2D eigenvalue weighted by atomic mass is 79.9. The molecule has 0 radical (unpaired) electrons. The molecule has 1 heterocycles. The summed E-state index contributed by atoms with van der Waals surface area (Å²) in [5, 5.41) is 0. The molecule has 1 aliphatic heterocycles. The van der Waals surface area contributed by atoms with Crippen molar-refractivity contribution in [1.29, 1.82) is 0 Å². The molecule has 1 aromatic carbocycles. The van der Waals surface area contributed by atoms with Gasteiger partial charge in [0.05, 0.1) is 11.3 Å². The van der Waals surface area contributed by atoms with Gasteiger partial charge in [-0.3, -0.25) is 9.59 Å². The zero-order valence-electron chi connectivity index (χ0n) is 11.7. The minimum absolute atomic E-state index is 0.0107. The van der Waals surface area contributed by atoms with Crippen molar-refractivity contribution in [2.45, 2.75) is 13.3 Å². The fourth-order valence-electron chi connectivity index (χ4n) is 2.34. The lowest BCUT2D eigenvalue weighted by atomic mass is 10.1. The smallest absolute Gasteiger partial charge is 0.255 e. The number of carbonyl (C=O) groups is 2. The summed E-state index contributed by atoms with van der Waals surface area (Å²) in [5.74, 6) is -0.757. The molecule has 0 aromatic heterocycles. The van der Waals surface area contributed by atoms with Crippen LogP contribution in [0.5, 0.6) is 0 Å². The average molecular weight is 358 g/mol. The molecular formula is C14H17BrFN3O2. The number of hydrogen-bond acceptors (Lipinski definition) is 3. The summed E-state index contributed by atoms with van der Waals surface area (Å²) < 4.78 is 13.7. The number of anilines is 1. The van der Waals surface area contributed by atoms with Gasteiger partial charge in [0.2, 0.25) is 5.91 Å². The van der Waals surface area contributed by atoms with Crippen molar-refractivity contribution in [3.63, 3.8) is 0 Å². The number of nitrogens with two attached hydrogens (primary N) is 1. The average Bonchev–Trinajstić information content (AvgIpc) is 2.68. The van der Waals surface area contributed by atoms with Gasteiger partial charge in [0, 0.05) is 37.6 Å². The van der Waals surface area contributed by atoms with Crippen LogP contribution in [-0.4, -0.2) is 47.8 Å². The highest BCUT2D eigenvalue weighted by molar-refractivity contribution is 9.10. The molecule has 5 nitrogen and oxygen atoms in total.